The largest absolute Gasteiger partial charge is 0.494 e. The van der Waals surface area contributed by atoms with Gasteiger partial charge < -0.3 is 19.7 Å². The van der Waals surface area contributed by atoms with Crippen molar-refractivity contribution in [2.75, 3.05) is 19.5 Å². The van der Waals surface area contributed by atoms with E-state index in [1.165, 1.54) is 0 Å². The normalized spacial score (nSPS) is 10.2. The van der Waals surface area contributed by atoms with Gasteiger partial charge in [-0.15, -0.1) is 0 Å². The van der Waals surface area contributed by atoms with Gasteiger partial charge in [-0.1, -0.05) is 66.7 Å². The van der Waals surface area contributed by atoms with Crippen LogP contribution in [-0.2, 0) is 13.1 Å². The van der Waals surface area contributed by atoms with Crippen molar-refractivity contribution in [2.24, 2.45) is 0 Å². The summed E-state index contributed by atoms with van der Waals surface area (Å²) < 4.78 is 10.8. The summed E-state index contributed by atoms with van der Waals surface area (Å²) in [5.74, 6) is 1.10. The van der Waals surface area contributed by atoms with E-state index >= 15 is 0 Å². The van der Waals surface area contributed by atoms with Gasteiger partial charge in [0, 0.05) is 13.1 Å². The van der Waals surface area contributed by atoms with E-state index in [1.54, 1.807) is 31.3 Å². The van der Waals surface area contributed by atoms with Gasteiger partial charge in [0.1, 0.15) is 17.2 Å². The third-order valence-corrected chi connectivity index (χ3v) is 4.38. The fraction of sp³-hybridized carbons (Fsp3) is 0.174. The molecule has 5 heteroatoms. The van der Waals surface area contributed by atoms with Crippen molar-refractivity contribution in [2.45, 2.75) is 13.1 Å². The van der Waals surface area contributed by atoms with Crippen molar-refractivity contribution in [1.82, 2.24) is 4.90 Å². The van der Waals surface area contributed by atoms with E-state index in [-0.39, 0.29) is 6.03 Å². The second-order valence-electron chi connectivity index (χ2n) is 6.29. The van der Waals surface area contributed by atoms with Gasteiger partial charge in [-0.3, -0.25) is 0 Å². The number of anilines is 1. The molecule has 0 heterocycles. The number of hydrogen-bond donors (Lipinski definition) is 1. The van der Waals surface area contributed by atoms with Gasteiger partial charge >= 0.3 is 6.03 Å². The number of nitrogens with zero attached hydrogens (tertiary/aromatic N) is 1. The number of urea groups is 1. The number of carbonyl (C=O) groups excluding carboxylic acids is 1. The lowest BCUT2D eigenvalue weighted by molar-refractivity contribution is 0.206. The minimum atomic E-state index is -0.226. The van der Waals surface area contributed by atoms with Gasteiger partial charge in [-0.05, 0) is 23.3 Å². The smallest absolute Gasteiger partial charge is 0.322 e. The Morgan fingerprint density at radius 3 is 1.64 bits per heavy atom. The summed E-state index contributed by atoms with van der Waals surface area (Å²) in [4.78, 5) is 14.9. The lowest BCUT2D eigenvalue weighted by Gasteiger charge is -2.24. The summed E-state index contributed by atoms with van der Waals surface area (Å²) in [7, 11) is 3.13. The van der Waals surface area contributed by atoms with Crippen LogP contribution in [-0.4, -0.2) is 25.2 Å². The maximum atomic E-state index is 13.2. The lowest BCUT2D eigenvalue weighted by Crippen LogP contribution is -2.34. The van der Waals surface area contributed by atoms with Gasteiger partial charge in [0.15, 0.2) is 0 Å². The van der Waals surface area contributed by atoms with Crippen LogP contribution in [0.15, 0.2) is 78.9 Å². The number of methoxy groups -OCH3 is 2. The Bertz CT molecular complexity index is 834. The zero-order valence-electron chi connectivity index (χ0n) is 16.1. The van der Waals surface area contributed by atoms with Gasteiger partial charge in [-0.25, -0.2) is 4.79 Å². The van der Waals surface area contributed by atoms with E-state index in [1.807, 2.05) is 66.7 Å². The molecule has 0 aliphatic heterocycles. The second-order valence-corrected chi connectivity index (χ2v) is 6.29. The predicted octanol–water partition coefficient (Wildman–Crippen LogP) is 4.94. The quantitative estimate of drug-likeness (QED) is 0.635. The molecule has 3 aromatic rings. The second kappa shape index (κ2) is 9.46. The van der Waals surface area contributed by atoms with Crippen molar-refractivity contribution >= 4 is 11.7 Å². The molecule has 3 rings (SSSR count). The molecular weight excluding hydrogens is 352 g/mol. The minimum absolute atomic E-state index is 0.226. The average Bonchev–Trinajstić information content (AvgIpc) is 2.75. The van der Waals surface area contributed by atoms with Crippen LogP contribution in [0.4, 0.5) is 10.5 Å². The SMILES string of the molecule is COc1cccc(OC)c1NC(=O)N(Cc1ccccc1)Cc1ccccc1. The molecule has 0 radical (unpaired) electrons. The molecular formula is C23H24N2O3. The van der Waals surface area contributed by atoms with Crippen molar-refractivity contribution in [3.8, 4) is 11.5 Å². The van der Waals surface area contributed by atoms with E-state index < -0.39 is 0 Å². The van der Waals surface area contributed by atoms with Crippen molar-refractivity contribution < 1.29 is 14.3 Å². The van der Waals surface area contributed by atoms with E-state index in [4.69, 9.17) is 9.47 Å². The molecule has 1 N–H and O–H groups in total. The van der Waals surface area contributed by atoms with Crippen LogP contribution >= 0.6 is 0 Å². The Morgan fingerprint density at radius 2 is 1.21 bits per heavy atom. The zero-order chi connectivity index (χ0) is 19.8. The number of rotatable bonds is 7. The third kappa shape index (κ3) is 4.82. The Morgan fingerprint density at radius 1 is 0.750 bits per heavy atom. The first-order valence-corrected chi connectivity index (χ1v) is 9.06. The molecule has 5 nitrogen and oxygen atoms in total. The molecule has 28 heavy (non-hydrogen) atoms. The molecule has 3 aromatic carbocycles. The Balaban J connectivity index is 1.86. The highest BCUT2D eigenvalue weighted by atomic mass is 16.5. The maximum absolute atomic E-state index is 13.2. The van der Waals surface area contributed by atoms with Crippen LogP contribution in [0.2, 0.25) is 0 Å². The standard InChI is InChI=1S/C23H24N2O3/c1-27-20-14-9-15-21(28-2)22(20)24-23(26)25(16-18-10-5-3-6-11-18)17-19-12-7-4-8-13-19/h3-15H,16-17H2,1-2H3,(H,24,26). The molecule has 0 saturated heterocycles. The topological polar surface area (TPSA) is 50.8 Å². The Hall–Kier alpha value is -3.47. The summed E-state index contributed by atoms with van der Waals surface area (Å²) in [6, 6.07) is 25.0. The molecule has 0 aliphatic rings. The number of ether oxygens (including phenoxy) is 2. The van der Waals surface area contributed by atoms with Crippen LogP contribution in [0, 0.1) is 0 Å². The summed E-state index contributed by atoms with van der Waals surface area (Å²) in [6.45, 7) is 0.970. The van der Waals surface area contributed by atoms with Gasteiger partial charge in [0.25, 0.3) is 0 Å². The number of amides is 2. The predicted molar refractivity (Wildman–Crippen MR) is 111 cm³/mol. The molecule has 0 spiro atoms. The number of hydrogen-bond acceptors (Lipinski definition) is 3. The highest BCUT2D eigenvalue weighted by Crippen LogP contribution is 2.34. The van der Waals surface area contributed by atoms with E-state index in [2.05, 4.69) is 5.32 Å². The summed E-state index contributed by atoms with van der Waals surface area (Å²) in [5, 5.41) is 2.96. The van der Waals surface area contributed by atoms with E-state index in [0.717, 1.165) is 11.1 Å². The van der Waals surface area contributed by atoms with E-state index in [0.29, 0.717) is 30.3 Å². The van der Waals surface area contributed by atoms with Crippen LogP contribution in [0.25, 0.3) is 0 Å². The monoisotopic (exact) mass is 376 g/mol. The summed E-state index contributed by atoms with van der Waals surface area (Å²) >= 11 is 0. The zero-order valence-corrected chi connectivity index (χ0v) is 16.1. The first kappa shape index (κ1) is 19.3. The Kier molecular flexibility index (Phi) is 6.52. The highest BCUT2D eigenvalue weighted by Gasteiger charge is 2.19. The Labute approximate surface area is 165 Å². The van der Waals surface area contributed by atoms with Crippen LogP contribution in [0.3, 0.4) is 0 Å². The molecule has 144 valence electrons. The molecule has 0 fully saturated rings. The number of para-hydroxylation sites is 1. The highest BCUT2D eigenvalue weighted by molar-refractivity contribution is 5.93. The fourth-order valence-electron chi connectivity index (χ4n) is 2.97. The fourth-order valence-corrected chi connectivity index (χ4v) is 2.97. The van der Waals surface area contributed by atoms with Gasteiger partial charge in [-0.2, -0.15) is 0 Å². The lowest BCUT2D eigenvalue weighted by atomic mass is 10.2. The summed E-state index contributed by atoms with van der Waals surface area (Å²) in [5.41, 5.74) is 2.63. The number of benzene rings is 3. The third-order valence-electron chi connectivity index (χ3n) is 4.38. The summed E-state index contributed by atoms with van der Waals surface area (Å²) in [6.07, 6.45) is 0. The molecule has 0 aromatic heterocycles. The van der Waals surface area contributed by atoms with E-state index in [9.17, 15) is 4.79 Å². The number of nitrogens with one attached hydrogen (secondary N) is 1. The molecule has 0 saturated carbocycles. The molecule has 0 unspecified atom stereocenters. The van der Waals surface area contributed by atoms with Crippen LogP contribution < -0.4 is 14.8 Å². The molecule has 0 bridgehead atoms. The average molecular weight is 376 g/mol. The first-order valence-electron chi connectivity index (χ1n) is 9.06. The van der Waals surface area contributed by atoms with Crippen LogP contribution in [0.1, 0.15) is 11.1 Å². The van der Waals surface area contributed by atoms with Gasteiger partial charge in [0.05, 0.1) is 14.2 Å². The molecule has 0 atom stereocenters. The minimum Gasteiger partial charge on any atom is -0.494 e. The van der Waals surface area contributed by atoms with Crippen molar-refractivity contribution in [3.63, 3.8) is 0 Å². The number of carbonyl (C=O) groups is 1. The maximum Gasteiger partial charge on any atom is 0.322 e. The molecule has 0 aliphatic carbocycles. The first-order chi connectivity index (χ1) is 13.7. The molecule has 2 amide bonds. The van der Waals surface area contributed by atoms with Crippen molar-refractivity contribution in [3.05, 3.63) is 90.0 Å². The van der Waals surface area contributed by atoms with Crippen LogP contribution in [0.5, 0.6) is 11.5 Å². The van der Waals surface area contributed by atoms with Gasteiger partial charge in [0.2, 0.25) is 0 Å². The van der Waals surface area contributed by atoms with Crippen molar-refractivity contribution in [1.29, 1.82) is 0 Å².